The number of hydrogen-bond acceptors (Lipinski definition) is 2. The Labute approximate surface area is 133 Å². The van der Waals surface area contributed by atoms with Gasteiger partial charge in [-0.25, -0.2) is 4.99 Å². The second-order valence-electron chi connectivity index (χ2n) is 4.18. The van der Waals surface area contributed by atoms with Crippen LogP contribution < -0.4 is 5.32 Å². The molecule has 20 heavy (non-hydrogen) atoms. The molecule has 0 saturated carbocycles. The Kier molecular flexibility index (Phi) is 3.54. The normalized spacial score (nSPS) is 15.3. The predicted molar refractivity (Wildman–Crippen MR) is 85.4 cm³/mol. The highest BCUT2D eigenvalue weighted by Gasteiger charge is 2.27. The number of hydrogen-bond donors (Lipinski definition) is 1. The maximum Gasteiger partial charge on any atom is 0.275 e. The lowest BCUT2D eigenvalue weighted by Crippen LogP contribution is -2.13. The summed E-state index contributed by atoms with van der Waals surface area (Å²) < 4.78 is 0.780. The molecular formula is C14H7BrCl2N2O. The average Bonchev–Trinajstić information content (AvgIpc) is 2.73. The first kappa shape index (κ1) is 13.6. The fourth-order valence-electron chi connectivity index (χ4n) is 1.94. The van der Waals surface area contributed by atoms with E-state index < -0.39 is 0 Å². The van der Waals surface area contributed by atoms with Gasteiger partial charge in [0.05, 0.1) is 21.4 Å². The molecule has 0 radical (unpaired) electrons. The molecule has 6 heteroatoms. The lowest BCUT2D eigenvalue weighted by molar-refractivity contribution is -0.110. The summed E-state index contributed by atoms with van der Waals surface area (Å²) in [6.45, 7) is 0. The Morgan fingerprint density at radius 3 is 2.65 bits per heavy atom. The summed E-state index contributed by atoms with van der Waals surface area (Å²) in [6, 6.07) is 10.6. The third-order valence-corrected chi connectivity index (χ3v) is 4.41. The number of para-hydroxylation sites is 1. The van der Waals surface area contributed by atoms with Gasteiger partial charge in [0, 0.05) is 10.0 Å². The van der Waals surface area contributed by atoms with Crippen molar-refractivity contribution in [3.05, 3.63) is 56.5 Å². The van der Waals surface area contributed by atoms with Gasteiger partial charge in [0.25, 0.3) is 5.91 Å². The Hall–Kier alpha value is -1.36. The van der Waals surface area contributed by atoms with Crippen LogP contribution in [0.3, 0.4) is 0 Å². The first-order valence-corrected chi connectivity index (χ1v) is 7.25. The van der Waals surface area contributed by atoms with Crippen LogP contribution in [-0.2, 0) is 4.79 Å². The Morgan fingerprint density at radius 2 is 1.90 bits per heavy atom. The summed E-state index contributed by atoms with van der Waals surface area (Å²) in [6.07, 6.45) is 0. The van der Waals surface area contributed by atoms with Crippen molar-refractivity contribution in [1.82, 2.24) is 0 Å². The molecule has 0 unspecified atom stereocenters. The van der Waals surface area contributed by atoms with E-state index in [-0.39, 0.29) is 5.91 Å². The van der Waals surface area contributed by atoms with E-state index in [1.807, 2.05) is 0 Å². The largest absolute Gasteiger partial charge is 0.319 e. The van der Waals surface area contributed by atoms with Gasteiger partial charge in [-0.3, -0.25) is 4.79 Å². The number of anilines is 1. The van der Waals surface area contributed by atoms with Crippen LogP contribution in [0.1, 0.15) is 5.56 Å². The van der Waals surface area contributed by atoms with E-state index in [2.05, 4.69) is 26.2 Å². The van der Waals surface area contributed by atoms with Gasteiger partial charge in [-0.2, -0.15) is 0 Å². The molecule has 1 aliphatic rings. The molecule has 1 aliphatic heterocycles. The highest BCUT2D eigenvalue weighted by Crippen LogP contribution is 2.33. The third-order valence-electron chi connectivity index (χ3n) is 2.87. The molecule has 100 valence electrons. The van der Waals surface area contributed by atoms with Gasteiger partial charge in [-0.15, -0.1) is 0 Å². The second-order valence-corrected chi connectivity index (χ2v) is 5.84. The molecule has 3 rings (SSSR count). The quantitative estimate of drug-likeness (QED) is 0.768. The fourth-order valence-corrected chi connectivity index (χ4v) is 2.58. The number of fused-ring (bicyclic) bond motifs is 1. The molecule has 1 amide bonds. The monoisotopic (exact) mass is 368 g/mol. The molecule has 0 spiro atoms. The number of nitrogens with zero attached hydrogens (tertiary/aromatic N) is 1. The van der Waals surface area contributed by atoms with E-state index in [4.69, 9.17) is 23.2 Å². The Balaban J connectivity index is 2.11. The summed E-state index contributed by atoms with van der Waals surface area (Å²) in [5.74, 6) is -0.271. The lowest BCUT2D eigenvalue weighted by Gasteiger charge is -2.01. The number of carbonyl (C=O) groups is 1. The molecule has 2 aromatic rings. The summed E-state index contributed by atoms with van der Waals surface area (Å²) in [7, 11) is 0. The molecule has 1 N–H and O–H groups in total. The Bertz CT molecular complexity index is 759. The minimum Gasteiger partial charge on any atom is -0.319 e. The molecule has 1 heterocycles. The number of carbonyl (C=O) groups excluding carboxylic acids is 1. The van der Waals surface area contributed by atoms with Gasteiger partial charge in [0.15, 0.2) is 0 Å². The molecule has 2 aromatic carbocycles. The molecule has 3 nitrogen and oxygen atoms in total. The summed E-state index contributed by atoms with van der Waals surface area (Å²) in [4.78, 5) is 16.4. The van der Waals surface area contributed by atoms with E-state index >= 15 is 0 Å². The molecule has 0 saturated heterocycles. The number of halogens is 3. The highest BCUT2D eigenvalue weighted by molar-refractivity contribution is 9.10. The summed E-state index contributed by atoms with van der Waals surface area (Å²) >= 11 is 15.4. The van der Waals surface area contributed by atoms with Crippen LogP contribution in [0.4, 0.5) is 11.4 Å². The van der Waals surface area contributed by atoms with Crippen molar-refractivity contribution in [3.8, 4) is 0 Å². The minimum absolute atomic E-state index is 0.271. The fraction of sp³-hybridized carbons (Fsp3) is 0. The van der Waals surface area contributed by atoms with Gasteiger partial charge in [-0.05, 0) is 40.2 Å². The van der Waals surface area contributed by atoms with Crippen molar-refractivity contribution in [3.63, 3.8) is 0 Å². The van der Waals surface area contributed by atoms with E-state index in [1.165, 1.54) is 0 Å². The summed E-state index contributed by atoms with van der Waals surface area (Å²) in [5, 5.41) is 3.75. The molecule has 0 atom stereocenters. The average molecular weight is 370 g/mol. The van der Waals surface area contributed by atoms with Crippen LogP contribution in [0.15, 0.2) is 45.9 Å². The first-order chi connectivity index (χ1) is 9.56. The van der Waals surface area contributed by atoms with Gasteiger partial charge >= 0.3 is 0 Å². The number of nitrogens with one attached hydrogen (secondary N) is 1. The van der Waals surface area contributed by atoms with Gasteiger partial charge in [0.1, 0.15) is 5.71 Å². The second kappa shape index (κ2) is 5.20. The van der Waals surface area contributed by atoms with Crippen molar-refractivity contribution in [2.45, 2.75) is 0 Å². The van der Waals surface area contributed by atoms with Crippen molar-refractivity contribution >= 4 is 62.1 Å². The van der Waals surface area contributed by atoms with Crippen LogP contribution in [0.5, 0.6) is 0 Å². The predicted octanol–water partition coefficient (Wildman–Crippen LogP) is 4.83. The van der Waals surface area contributed by atoms with Crippen molar-refractivity contribution < 1.29 is 4.79 Å². The zero-order valence-corrected chi connectivity index (χ0v) is 13.1. The van der Waals surface area contributed by atoms with Crippen LogP contribution >= 0.6 is 39.1 Å². The maximum absolute atomic E-state index is 12.0. The van der Waals surface area contributed by atoms with Gasteiger partial charge in [0.2, 0.25) is 0 Å². The number of benzene rings is 2. The molecule has 0 aliphatic carbocycles. The zero-order chi connectivity index (χ0) is 14.3. The van der Waals surface area contributed by atoms with E-state index in [0.717, 1.165) is 4.47 Å². The first-order valence-electron chi connectivity index (χ1n) is 5.70. The number of aliphatic imine (C=N–C) groups is 1. The van der Waals surface area contributed by atoms with E-state index in [1.54, 1.807) is 36.4 Å². The lowest BCUT2D eigenvalue weighted by atomic mass is 10.1. The van der Waals surface area contributed by atoms with Crippen molar-refractivity contribution in [2.75, 3.05) is 5.32 Å². The molecule has 0 fully saturated rings. The third kappa shape index (κ3) is 2.35. The van der Waals surface area contributed by atoms with Crippen LogP contribution in [0.25, 0.3) is 0 Å². The van der Waals surface area contributed by atoms with Crippen LogP contribution in [-0.4, -0.2) is 11.6 Å². The SMILES string of the molecule is O=C1Nc2c(Cl)cccc2C1=Nc1ccc(Br)c(Cl)c1. The Morgan fingerprint density at radius 1 is 1.10 bits per heavy atom. The van der Waals surface area contributed by atoms with Crippen LogP contribution in [0, 0.1) is 0 Å². The van der Waals surface area contributed by atoms with Crippen molar-refractivity contribution in [2.24, 2.45) is 4.99 Å². The van der Waals surface area contributed by atoms with Gasteiger partial charge < -0.3 is 5.32 Å². The zero-order valence-electron chi connectivity index (χ0n) is 9.95. The topological polar surface area (TPSA) is 41.5 Å². The van der Waals surface area contributed by atoms with E-state index in [0.29, 0.717) is 32.7 Å². The molecule has 0 aromatic heterocycles. The standard InChI is InChI=1S/C14H7BrCl2N2O/c15-9-5-4-7(6-11(9)17)18-13-8-2-1-3-10(16)12(8)19-14(13)20/h1-6H,(H,18,19,20). The number of rotatable bonds is 1. The van der Waals surface area contributed by atoms with Crippen LogP contribution in [0.2, 0.25) is 10.0 Å². The molecular weight excluding hydrogens is 363 g/mol. The number of amides is 1. The van der Waals surface area contributed by atoms with E-state index in [9.17, 15) is 4.79 Å². The smallest absolute Gasteiger partial charge is 0.275 e. The van der Waals surface area contributed by atoms with Crippen molar-refractivity contribution in [1.29, 1.82) is 0 Å². The molecule has 0 bridgehead atoms. The maximum atomic E-state index is 12.0. The van der Waals surface area contributed by atoms with Gasteiger partial charge in [-0.1, -0.05) is 35.3 Å². The minimum atomic E-state index is -0.271. The highest BCUT2D eigenvalue weighted by atomic mass is 79.9. The summed E-state index contributed by atoms with van der Waals surface area (Å²) in [5.41, 5.74) is 2.24.